The highest BCUT2D eigenvalue weighted by atomic mass is 16.6. The Morgan fingerprint density at radius 1 is 1.43 bits per heavy atom. The highest BCUT2D eigenvalue weighted by Gasteiger charge is 2.30. The molecule has 1 saturated heterocycles. The van der Waals surface area contributed by atoms with E-state index in [9.17, 15) is 9.90 Å². The molecule has 116 valence electrons. The van der Waals surface area contributed by atoms with Crippen LogP contribution in [0.4, 0.5) is 4.79 Å². The van der Waals surface area contributed by atoms with Gasteiger partial charge in [-0.15, -0.1) is 0 Å². The minimum atomic E-state index is -0.551. The quantitative estimate of drug-likeness (QED) is 0.887. The molecule has 2 N–H and O–H groups in total. The Kier molecular flexibility index (Phi) is 5.59. The van der Waals surface area contributed by atoms with Crippen LogP contribution >= 0.6 is 0 Å². The van der Waals surface area contributed by atoms with Gasteiger partial charge in [0.25, 0.3) is 0 Å². The van der Waals surface area contributed by atoms with Gasteiger partial charge >= 0.3 is 6.09 Å². The van der Waals surface area contributed by atoms with Crippen LogP contribution < -0.4 is 5.32 Å². The number of amides is 1. The Bertz CT molecular complexity index is 450. The van der Waals surface area contributed by atoms with Crippen molar-refractivity contribution < 1.29 is 14.6 Å². The molecule has 0 spiro atoms. The van der Waals surface area contributed by atoms with Crippen LogP contribution in [0, 0.1) is 0 Å². The van der Waals surface area contributed by atoms with E-state index in [1.807, 2.05) is 44.2 Å². The minimum absolute atomic E-state index is 0.0446. The zero-order valence-corrected chi connectivity index (χ0v) is 12.7. The van der Waals surface area contributed by atoms with Gasteiger partial charge in [0, 0.05) is 18.6 Å². The smallest absolute Gasteiger partial charge is 0.410 e. The van der Waals surface area contributed by atoms with E-state index in [4.69, 9.17) is 4.74 Å². The Morgan fingerprint density at radius 2 is 2.14 bits per heavy atom. The Labute approximate surface area is 125 Å². The third-order valence-corrected chi connectivity index (χ3v) is 3.59. The van der Waals surface area contributed by atoms with Crippen molar-refractivity contribution in [1.82, 2.24) is 10.2 Å². The summed E-state index contributed by atoms with van der Waals surface area (Å²) in [7, 11) is 0. The highest BCUT2D eigenvalue weighted by Crippen LogP contribution is 2.14. The number of aliphatic hydroxyl groups is 1. The van der Waals surface area contributed by atoms with Crippen molar-refractivity contribution in [3.8, 4) is 0 Å². The van der Waals surface area contributed by atoms with Gasteiger partial charge in [-0.25, -0.2) is 4.79 Å². The number of carbonyl (C=O) groups excluding carboxylic acids is 1. The second-order valence-corrected chi connectivity index (χ2v) is 5.77. The van der Waals surface area contributed by atoms with Gasteiger partial charge < -0.3 is 20.1 Å². The Morgan fingerprint density at radius 3 is 2.76 bits per heavy atom. The number of β-amino-alcohol motifs (C(OH)–C–C–N with tert-alkyl or cyclic N) is 1. The molecule has 0 saturated carbocycles. The van der Waals surface area contributed by atoms with Crippen molar-refractivity contribution in [2.24, 2.45) is 0 Å². The summed E-state index contributed by atoms with van der Waals surface area (Å²) >= 11 is 0. The molecule has 0 bridgehead atoms. The molecule has 1 aliphatic heterocycles. The predicted molar refractivity (Wildman–Crippen MR) is 80.9 cm³/mol. The van der Waals surface area contributed by atoms with Crippen LogP contribution in [0.1, 0.15) is 25.8 Å². The third kappa shape index (κ3) is 4.72. The van der Waals surface area contributed by atoms with E-state index < -0.39 is 6.10 Å². The number of nitrogens with one attached hydrogen (secondary N) is 1. The number of benzene rings is 1. The van der Waals surface area contributed by atoms with E-state index in [0.717, 1.165) is 12.0 Å². The van der Waals surface area contributed by atoms with Crippen LogP contribution in [0.5, 0.6) is 0 Å². The molecular weight excluding hydrogens is 268 g/mol. The third-order valence-electron chi connectivity index (χ3n) is 3.59. The summed E-state index contributed by atoms with van der Waals surface area (Å²) < 4.78 is 5.29. The second kappa shape index (κ2) is 7.43. The van der Waals surface area contributed by atoms with E-state index in [-0.39, 0.29) is 18.7 Å². The first-order chi connectivity index (χ1) is 10.1. The van der Waals surface area contributed by atoms with Gasteiger partial charge in [0.05, 0.1) is 12.6 Å². The van der Waals surface area contributed by atoms with Crippen LogP contribution in [-0.2, 0) is 11.3 Å². The SMILES string of the molecule is CC(C)N[C@H]1CCN(C(=O)OCc2ccccc2)C[C@H]1O. The van der Waals surface area contributed by atoms with Gasteiger partial charge in [0.2, 0.25) is 0 Å². The summed E-state index contributed by atoms with van der Waals surface area (Å²) in [6.45, 7) is 5.29. The number of rotatable bonds is 4. The number of hydrogen-bond donors (Lipinski definition) is 2. The summed E-state index contributed by atoms with van der Waals surface area (Å²) in [5.41, 5.74) is 0.961. The van der Waals surface area contributed by atoms with Crippen LogP contribution in [0.2, 0.25) is 0 Å². The van der Waals surface area contributed by atoms with E-state index in [0.29, 0.717) is 19.1 Å². The molecule has 5 heteroatoms. The molecule has 0 aromatic heterocycles. The van der Waals surface area contributed by atoms with Crippen molar-refractivity contribution in [2.45, 2.75) is 45.1 Å². The van der Waals surface area contributed by atoms with E-state index >= 15 is 0 Å². The fraction of sp³-hybridized carbons (Fsp3) is 0.562. The molecule has 21 heavy (non-hydrogen) atoms. The van der Waals surface area contributed by atoms with Crippen molar-refractivity contribution in [3.05, 3.63) is 35.9 Å². The summed E-state index contributed by atoms with van der Waals surface area (Å²) in [6, 6.07) is 9.95. The first-order valence-electron chi connectivity index (χ1n) is 7.46. The average Bonchev–Trinajstić information content (AvgIpc) is 2.47. The number of ether oxygens (including phenoxy) is 1. The standard InChI is InChI=1S/C16H24N2O3/c1-12(2)17-14-8-9-18(10-15(14)19)16(20)21-11-13-6-4-3-5-7-13/h3-7,12,14-15,17,19H,8-11H2,1-2H3/t14-,15+/m0/s1. The van der Waals surface area contributed by atoms with Gasteiger partial charge in [-0.1, -0.05) is 44.2 Å². The molecule has 1 aliphatic rings. The monoisotopic (exact) mass is 292 g/mol. The van der Waals surface area contributed by atoms with Gasteiger partial charge in [-0.05, 0) is 12.0 Å². The molecular formula is C16H24N2O3. The number of aliphatic hydroxyl groups excluding tert-OH is 1. The van der Waals surface area contributed by atoms with Crippen molar-refractivity contribution >= 4 is 6.09 Å². The molecule has 0 unspecified atom stereocenters. The van der Waals surface area contributed by atoms with Crippen LogP contribution in [-0.4, -0.2) is 47.4 Å². The van der Waals surface area contributed by atoms with Gasteiger partial charge in [-0.3, -0.25) is 0 Å². The number of carbonyl (C=O) groups is 1. The molecule has 1 fully saturated rings. The lowest BCUT2D eigenvalue weighted by atomic mass is 10.0. The Hall–Kier alpha value is -1.59. The summed E-state index contributed by atoms with van der Waals surface area (Å²) in [5, 5.41) is 13.4. The zero-order chi connectivity index (χ0) is 15.2. The van der Waals surface area contributed by atoms with Crippen molar-refractivity contribution in [2.75, 3.05) is 13.1 Å². The largest absolute Gasteiger partial charge is 0.445 e. The molecule has 1 aromatic rings. The lowest BCUT2D eigenvalue weighted by Gasteiger charge is -2.36. The molecule has 2 rings (SSSR count). The molecule has 0 radical (unpaired) electrons. The Balaban J connectivity index is 1.79. The fourth-order valence-electron chi connectivity index (χ4n) is 2.53. The topological polar surface area (TPSA) is 61.8 Å². The summed E-state index contributed by atoms with van der Waals surface area (Å²) in [6.07, 6.45) is -0.175. The molecule has 2 atom stereocenters. The number of hydrogen-bond acceptors (Lipinski definition) is 4. The number of piperidine rings is 1. The number of likely N-dealkylation sites (tertiary alicyclic amines) is 1. The van der Waals surface area contributed by atoms with Crippen LogP contribution in [0.25, 0.3) is 0 Å². The van der Waals surface area contributed by atoms with Crippen molar-refractivity contribution in [1.29, 1.82) is 0 Å². The number of nitrogens with zero attached hydrogens (tertiary/aromatic N) is 1. The van der Waals surface area contributed by atoms with Gasteiger partial charge in [0.15, 0.2) is 0 Å². The molecule has 1 amide bonds. The highest BCUT2D eigenvalue weighted by molar-refractivity contribution is 5.67. The van der Waals surface area contributed by atoms with Crippen molar-refractivity contribution in [3.63, 3.8) is 0 Å². The minimum Gasteiger partial charge on any atom is -0.445 e. The maximum Gasteiger partial charge on any atom is 0.410 e. The van der Waals surface area contributed by atoms with Gasteiger partial charge in [-0.2, -0.15) is 0 Å². The maximum absolute atomic E-state index is 12.0. The molecule has 1 heterocycles. The van der Waals surface area contributed by atoms with E-state index in [1.54, 1.807) is 4.90 Å². The zero-order valence-electron chi connectivity index (χ0n) is 12.7. The average molecular weight is 292 g/mol. The molecule has 5 nitrogen and oxygen atoms in total. The normalized spacial score (nSPS) is 22.4. The molecule has 0 aliphatic carbocycles. The lowest BCUT2D eigenvalue weighted by molar-refractivity contribution is 0.0256. The first-order valence-corrected chi connectivity index (χ1v) is 7.46. The lowest BCUT2D eigenvalue weighted by Crippen LogP contribution is -2.55. The van der Waals surface area contributed by atoms with E-state index in [1.165, 1.54) is 0 Å². The fourth-order valence-corrected chi connectivity index (χ4v) is 2.53. The first kappa shape index (κ1) is 15.8. The van der Waals surface area contributed by atoms with Crippen LogP contribution in [0.15, 0.2) is 30.3 Å². The maximum atomic E-state index is 12.0. The van der Waals surface area contributed by atoms with Crippen LogP contribution in [0.3, 0.4) is 0 Å². The van der Waals surface area contributed by atoms with Gasteiger partial charge in [0.1, 0.15) is 6.61 Å². The molecule has 1 aromatic carbocycles. The second-order valence-electron chi connectivity index (χ2n) is 5.77. The predicted octanol–water partition coefficient (Wildman–Crippen LogP) is 1.76. The van der Waals surface area contributed by atoms with E-state index in [2.05, 4.69) is 5.32 Å². The summed E-state index contributed by atoms with van der Waals surface area (Å²) in [5.74, 6) is 0. The summed E-state index contributed by atoms with van der Waals surface area (Å²) in [4.78, 5) is 13.6.